The van der Waals surface area contributed by atoms with Gasteiger partial charge in [0.25, 0.3) is 5.56 Å². The molecule has 28 heavy (non-hydrogen) atoms. The average Bonchev–Trinajstić information content (AvgIpc) is 3.04. The standard InChI is InChI=1S/C16H25F3N6O2Si/c1-28(2,3)8-7-27-11-25-15(26)14(16(17,18)19)13(10-22-25)24-6-4-5-12(24)9-21-23-20/h10,12H,4-9,11H2,1-3H3/t12-/m0/s1. The molecule has 0 radical (unpaired) electrons. The van der Waals surface area contributed by atoms with Gasteiger partial charge in [0.15, 0.2) is 0 Å². The summed E-state index contributed by atoms with van der Waals surface area (Å²) < 4.78 is 47.1. The maximum Gasteiger partial charge on any atom is 0.423 e. The van der Waals surface area contributed by atoms with Crippen LogP contribution in [0.1, 0.15) is 18.4 Å². The van der Waals surface area contributed by atoms with Gasteiger partial charge in [0.2, 0.25) is 0 Å². The predicted octanol–water partition coefficient (Wildman–Crippen LogP) is 3.85. The highest BCUT2D eigenvalue weighted by Crippen LogP contribution is 2.36. The van der Waals surface area contributed by atoms with E-state index in [2.05, 4.69) is 34.8 Å². The Kier molecular flexibility index (Phi) is 7.13. The number of anilines is 1. The molecule has 0 bridgehead atoms. The fourth-order valence-electron chi connectivity index (χ4n) is 3.06. The molecule has 12 heteroatoms. The molecule has 1 fully saturated rings. The third-order valence-corrected chi connectivity index (χ3v) is 6.26. The Morgan fingerprint density at radius 2 is 2.14 bits per heavy atom. The number of rotatable bonds is 8. The maximum absolute atomic E-state index is 13.7. The molecule has 2 rings (SSSR count). The lowest BCUT2D eigenvalue weighted by Gasteiger charge is -2.28. The number of azide groups is 1. The normalized spacial score (nSPS) is 17.6. The molecule has 1 aromatic rings. The fraction of sp³-hybridized carbons (Fsp3) is 0.750. The zero-order chi connectivity index (χ0) is 20.9. The molecule has 1 aromatic heterocycles. The van der Waals surface area contributed by atoms with E-state index in [-0.39, 0.29) is 25.0 Å². The number of ether oxygens (including phenoxy) is 1. The van der Waals surface area contributed by atoms with E-state index in [9.17, 15) is 18.0 Å². The van der Waals surface area contributed by atoms with Crippen molar-refractivity contribution in [3.05, 3.63) is 32.6 Å². The molecule has 1 aliphatic heterocycles. The second-order valence-electron chi connectivity index (χ2n) is 7.96. The summed E-state index contributed by atoms with van der Waals surface area (Å²) in [5.41, 5.74) is 5.72. The first-order valence-corrected chi connectivity index (χ1v) is 12.8. The molecule has 1 saturated heterocycles. The summed E-state index contributed by atoms with van der Waals surface area (Å²) in [6.07, 6.45) is -2.55. The van der Waals surface area contributed by atoms with Crippen molar-refractivity contribution in [2.24, 2.45) is 5.11 Å². The molecular formula is C16H25F3N6O2Si. The lowest BCUT2D eigenvalue weighted by molar-refractivity contribution is -0.138. The summed E-state index contributed by atoms with van der Waals surface area (Å²) in [6, 6.07) is 0.447. The van der Waals surface area contributed by atoms with E-state index in [4.69, 9.17) is 10.3 Å². The van der Waals surface area contributed by atoms with Crippen LogP contribution >= 0.6 is 0 Å². The lowest BCUT2D eigenvalue weighted by Crippen LogP contribution is -2.38. The molecule has 0 aromatic carbocycles. The largest absolute Gasteiger partial charge is 0.423 e. The van der Waals surface area contributed by atoms with E-state index in [1.165, 1.54) is 4.90 Å². The molecule has 2 heterocycles. The third kappa shape index (κ3) is 5.73. The Hall–Kier alpha value is -2.04. The molecule has 156 valence electrons. The van der Waals surface area contributed by atoms with Gasteiger partial charge in [0.1, 0.15) is 12.3 Å². The topological polar surface area (TPSA) is 96.1 Å². The Labute approximate surface area is 161 Å². The van der Waals surface area contributed by atoms with Crippen molar-refractivity contribution in [3.63, 3.8) is 0 Å². The van der Waals surface area contributed by atoms with Crippen molar-refractivity contribution >= 4 is 13.8 Å². The predicted molar refractivity (Wildman–Crippen MR) is 102 cm³/mol. The Bertz CT molecular complexity index is 786. The minimum absolute atomic E-state index is 0.0384. The van der Waals surface area contributed by atoms with E-state index >= 15 is 0 Å². The summed E-state index contributed by atoms with van der Waals surface area (Å²) >= 11 is 0. The van der Waals surface area contributed by atoms with Gasteiger partial charge < -0.3 is 9.64 Å². The summed E-state index contributed by atoms with van der Waals surface area (Å²) in [6.45, 7) is 6.88. The van der Waals surface area contributed by atoms with Crippen LogP contribution in [0.4, 0.5) is 18.9 Å². The van der Waals surface area contributed by atoms with Gasteiger partial charge in [-0.3, -0.25) is 4.79 Å². The average molecular weight is 418 g/mol. The minimum Gasteiger partial charge on any atom is -0.366 e. The molecular weight excluding hydrogens is 393 g/mol. The van der Waals surface area contributed by atoms with Crippen LogP contribution in [-0.4, -0.2) is 43.6 Å². The van der Waals surface area contributed by atoms with Gasteiger partial charge in [0, 0.05) is 38.7 Å². The smallest absolute Gasteiger partial charge is 0.366 e. The van der Waals surface area contributed by atoms with Crippen molar-refractivity contribution in [2.45, 2.75) is 57.5 Å². The molecule has 1 atom stereocenters. The van der Waals surface area contributed by atoms with E-state index in [1.807, 2.05) is 0 Å². The van der Waals surface area contributed by atoms with Gasteiger partial charge in [-0.2, -0.15) is 18.3 Å². The third-order valence-electron chi connectivity index (χ3n) is 4.56. The van der Waals surface area contributed by atoms with Crippen LogP contribution in [0.15, 0.2) is 16.1 Å². The highest BCUT2D eigenvalue weighted by molar-refractivity contribution is 6.76. The van der Waals surface area contributed by atoms with Crippen LogP contribution in [0.3, 0.4) is 0 Å². The summed E-state index contributed by atoms with van der Waals surface area (Å²) in [5, 5.41) is 7.36. The summed E-state index contributed by atoms with van der Waals surface area (Å²) in [5.74, 6) is 0. The SMILES string of the molecule is C[Si](C)(C)CCOCn1ncc(N2CCC[C@H]2CN=[N+]=[N-])c(C(F)(F)F)c1=O. The van der Waals surface area contributed by atoms with Gasteiger partial charge >= 0.3 is 6.18 Å². The zero-order valence-corrected chi connectivity index (χ0v) is 17.2. The van der Waals surface area contributed by atoms with E-state index in [0.29, 0.717) is 30.7 Å². The Morgan fingerprint density at radius 1 is 1.43 bits per heavy atom. The molecule has 0 saturated carbocycles. The van der Waals surface area contributed by atoms with Crippen molar-refractivity contribution in [3.8, 4) is 0 Å². The number of nitrogens with zero attached hydrogens (tertiary/aromatic N) is 6. The van der Waals surface area contributed by atoms with Gasteiger partial charge in [0.05, 0.1) is 11.9 Å². The molecule has 0 unspecified atom stereocenters. The van der Waals surface area contributed by atoms with E-state index < -0.39 is 25.4 Å². The lowest BCUT2D eigenvalue weighted by atomic mass is 10.2. The second-order valence-corrected chi connectivity index (χ2v) is 13.6. The fourth-order valence-corrected chi connectivity index (χ4v) is 3.82. The number of hydrogen-bond donors (Lipinski definition) is 0. The monoisotopic (exact) mass is 418 g/mol. The molecule has 1 aliphatic rings. The highest BCUT2D eigenvalue weighted by atomic mass is 28.3. The van der Waals surface area contributed by atoms with Crippen LogP contribution < -0.4 is 10.5 Å². The number of alkyl halides is 3. The second kappa shape index (κ2) is 8.97. The van der Waals surface area contributed by atoms with Gasteiger partial charge in [-0.15, -0.1) is 0 Å². The first-order chi connectivity index (χ1) is 13.0. The van der Waals surface area contributed by atoms with Crippen LogP contribution in [0.5, 0.6) is 0 Å². The van der Waals surface area contributed by atoms with E-state index in [1.54, 1.807) is 0 Å². The quantitative estimate of drug-likeness (QED) is 0.211. The van der Waals surface area contributed by atoms with Crippen molar-refractivity contribution < 1.29 is 17.9 Å². The summed E-state index contributed by atoms with van der Waals surface area (Å²) in [4.78, 5) is 16.6. The Balaban J connectivity index is 2.29. The van der Waals surface area contributed by atoms with Crippen LogP contribution in [0.2, 0.25) is 25.7 Å². The molecule has 0 amide bonds. The van der Waals surface area contributed by atoms with Crippen LogP contribution in [0.25, 0.3) is 10.4 Å². The zero-order valence-electron chi connectivity index (χ0n) is 16.2. The number of hydrogen-bond acceptors (Lipinski definition) is 5. The van der Waals surface area contributed by atoms with Crippen molar-refractivity contribution in [2.75, 3.05) is 24.6 Å². The molecule has 0 N–H and O–H groups in total. The van der Waals surface area contributed by atoms with Gasteiger partial charge in [-0.1, -0.05) is 24.8 Å². The number of halogens is 3. The first kappa shape index (κ1) is 22.2. The van der Waals surface area contributed by atoms with Gasteiger partial charge in [-0.25, -0.2) is 4.68 Å². The molecule has 8 nitrogen and oxygen atoms in total. The highest BCUT2D eigenvalue weighted by Gasteiger charge is 2.41. The maximum atomic E-state index is 13.7. The minimum atomic E-state index is -4.83. The first-order valence-electron chi connectivity index (χ1n) is 9.07. The van der Waals surface area contributed by atoms with Gasteiger partial charge in [-0.05, 0) is 24.4 Å². The van der Waals surface area contributed by atoms with Crippen molar-refractivity contribution in [1.29, 1.82) is 0 Å². The molecule has 0 spiro atoms. The van der Waals surface area contributed by atoms with Crippen LogP contribution in [0, 0.1) is 0 Å². The van der Waals surface area contributed by atoms with Crippen molar-refractivity contribution in [1.82, 2.24) is 9.78 Å². The Morgan fingerprint density at radius 3 is 2.75 bits per heavy atom. The van der Waals surface area contributed by atoms with Crippen LogP contribution in [-0.2, 0) is 17.6 Å². The molecule has 0 aliphatic carbocycles. The number of aromatic nitrogens is 2. The summed E-state index contributed by atoms with van der Waals surface area (Å²) in [7, 11) is -1.35. The van der Waals surface area contributed by atoms with E-state index in [0.717, 1.165) is 12.2 Å².